The van der Waals surface area contributed by atoms with Gasteiger partial charge in [0.05, 0.1) is 0 Å². The predicted molar refractivity (Wildman–Crippen MR) is 64.8 cm³/mol. The van der Waals surface area contributed by atoms with Crippen molar-refractivity contribution in [2.75, 3.05) is 18.4 Å². The summed E-state index contributed by atoms with van der Waals surface area (Å²) in [6, 6.07) is 4.95. The molecule has 16 heavy (non-hydrogen) atoms. The third kappa shape index (κ3) is 2.89. The van der Waals surface area contributed by atoms with Crippen LogP contribution in [0.5, 0.6) is 5.75 Å². The van der Waals surface area contributed by atoms with Crippen LogP contribution in [0.15, 0.2) is 18.2 Å². The maximum absolute atomic E-state index is 11.7. The molecule has 4 heteroatoms. The highest BCUT2D eigenvalue weighted by Gasteiger charge is 2.09. The first-order valence-corrected chi connectivity index (χ1v) is 5.44. The van der Waals surface area contributed by atoms with E-state index >= 15 is 0 Å². The van der Waals surface area contributed by atoms with Crippen LogP contribution in [0.4, 0.5) is 10.5 Å². The van der Waals surface area contributed by atoms with E-state index < -0.39 is 0 Å². The van der Waals surface area contributed by atoms with Crippen LogP contribution in [-0.4, -0.2) is 29.1 Å². The number of aryl methyl sites for hydroxylation is 1. The quantitative estimate of drug-likeness (QED) is 0.825. The highest BCUT2D eigenvalue weighted by atomic mass is 16.3. The minimum atomic E-state index is -0.145. The Morgan fingerprint density at radius 3 is 2.50 bits per heavy atom. The van der Waals surface area contributed by atoms with Crippen LogP contribution in [0.1, 0.15) is 19.4 Å². The summed E-state index contributed by atoms with van der Waals surface area (Å²) >= 11 is 0. The molecule has 1 rings (SSSR count). The minimum Gasteiger partial charge on any atom is -0.508 e. The molecule has 0 bridgehead atoms. The lowest BCUT2D eigenvalue weighted by Gasteiger charge is -2.19. The molecule has 0 aliphatic heterocycles. The van der Waals surface area contributed by atoms with E-state index in [1.165, 1.54) is 0 Å². The normalized spacial score (nSPS) is 9.94. The van der Waals surface area contributed by atoms with E-state index in [2.05, 4.69) is 5.32 Å². The number of hydrogen-bond acceptors (Lipinski definition) is 2. The molecule has 88 valence electrons. The van der Waals surface area contributed by atoms with Crippen molar-refractivity contribution in [3.8, 4) is 5.75 Å². The number of urea groups is 1. The van der Waals surface area contributed by atoms with Crippen LogP contribution >= 0.6 is 0 Å². The van der Waals surface area contributed by atoms with Crippen molar-refractivity contribution in [1.29, 1.82) is 0 Å². The second-order valence-electron chi connectivity index (χ2n) is 3.60. The smallest absolute Gasteiger partial charge is 0.321 e. The molecule has 1 aromatic carbocycles. The van der Waals surface area contributed by atoms with Gasteiger partial charge in [0.15, 0.2) is 0 Å². The van der Waals surface area contributed by atoms with Crippen molar-refractivity contribution in [2.45, 2.75) is 20.8 Å². The van der Waals surface area contributed by atoms with Crippen LogP contribution in [0.3, 0.4) is 0 Å². The fraction of sp³-hybridized carbons (Fsp3) is 0.417. The number of carbonyl (C=O) groups is 1. The Labute approximate surface area is 95.9 Å². The number of phenols is 1. The first-order valence-electron chi connectivity index (χ1n) is 5.44. The van der Waals surface area contributed by atoms with E-state index in [1.807, 2.05) is 20.8 Å². The molecule has 1 aromatic rings. The molecule has 0 aromatic heterocycles. The lowest BCUT2D eigenvalue weighted by molar-refractivity contribution is 0.217. The monoisotopic (exact) mass is 222 g/mol. The van der Waals surface area contributed by atoms with E-state index in [0.29, 0.717) is 18.8 Å². The average Bonchev–Trinajstić information content (AvgIpc) is 2.25. The summed E-state index contributed by atoms with van der Waals surface area (Å²) in [6.07, 6.45) is 0. The largest absolute Gasteiger partial charge is 0.508 e. The fourth-order valence-electron chi connectivity index (χ4n) is 1.40. The molecule has 0 aliphatic rings. The molecule has 0 saturated heterocycles. The number of anilines is 1. The number of hydrogen-bond donors (Lipinski definition) is 2. The number of benzene rings is 1. The van der Waals surface area contributed by atoms with Gasteiger partial charge >= 0.3 is 6.03 Å². The molecule has 0 atom stereocenters. The van der Waals surface area contributed by atoms with Gasteiger partial charge in [-0.15, -0.1) is 0 Å². The zero-order valence-corrected chi connectivity index (χ0v) is 9.95. The van der Waals surface area contributed by atoms with Crippen LogP contribution in [-0.2, 0) is 0 Å². The van der Waals surface area contributed by atoms with E-state index in [0.717, 1.165) is 5.56 Å². The topological polar surface area (TPSA) is 52.6 Å². The Bertz CT molecular complexity index is 373. The van der Waals surface area contributed by atoms with Gasteiger partial charge in [-0.3, -0.25) is 0 Å². The van der Waals surface area contributed by atoms with Gasteiger partial charge in [0, 0.05) is 24.8 Å². The first kappa shape index (κ1) is 12.4. The first-order chi connectivity index (χ1) is 7.58. The zero-order chi connectivity index (χ0) is 12.1. The van der Waals surface area contributed by atoms with Gasteiger partial charge in [-0.25, -0.2) is 4.79 Å². The second-order valence-corrected chi connectivity index (χ2v) is 3.60. The van der Waals surface area contributed by atoms with Crippen molar-refractivity contribution in [3.05, 3.63) is 23.8 Å². The molecule has 0 radical (unpaired) electrons. The van der Waals surface area contributed by atoms with Crippen molar-refractivity contribution >= 4 is 11.7 Å². The minimum absolute atomic E-state index is 0.145. The number of rotatable bonds is 3. The summed E-state index contributed by atoms with van der Waals surface area (Å²) < 4.78 is 0. The standard InChI is InChI=1S/C12H18N2O2/c1-4-14(5-2)12(16)13-10-7-6-9(3)11(15)8-10/h6-8,15H,4-5H2,1-3H3,(H,13,16). The van der Waals surface area contributed by atoms with Gasteiger partial charge < -0.3 is 15.3 Å². The van der Waals surface area contributed by atoms with Crippen molar-refractivity contribution in [1.82, 2.24) is 4.90 Å². The number of amides is 2. The molecule has 0 heterocycles. The molecule has 0 unspecified atom stereocenters. The predicted octanol–water partition coefficient (Wildman–Crippen LogP) is 2.57. The molecular weight excluding hydrogens is 204 g/mol. The number of nitrogens with zero attached hydrogens (tertiary/aromatic N) is 1. The van der Waals surface area contributed by atoms with Gasteiger partial charge in [0.25, 0.3) is 0 Å². The van der Waals surface area contributed by atoms with Gasteiger partial charge in [-0.1, -0.05) is 6.07 Å². The number of phenolic OH excluding ortho intramolecular Hbond substituents is 1. The molecule has 4 nitrogen and oxygen atoms in total. The Kier molecular flexibility index (Phi) is 4.17. The highest BCUT2D eigenvalue weighted by molar-refractivity contribution is 5.89. The Balaban J connectivity index is 2.73. The van der Waals surface area contributed by atoms with E-state index in [4.69, 9.17) is 0 Å². The summed E-state index contributed by atoms with van der Waals surface area (Å²) in [7, 11) is 0. The van der Waals surface area contributed by atoms with E-state index in [-0.39, 0.29) is 11.8 Å². The van der Waals surface area contributed by atoms with Crippen molar-refractivity contribution in [2.24, 2.45) is 0 Å². The van der Waals surface area contributed by atoms with Gasteiger partial charge in [0.2, 0.25) is 0 Å². The summed E-state index contributed by atoms with van der Waals surface area (Å²) in [5.41, 5.74) is 1.40. The molecule has 2 N–H and O–H groups in total. The molecule has 0 fully saturated rings. The van der Waals surface area contributed by atoms with Gasteiger partial charge in [0.1, 0.15) is 5.75 Å². The van der Waals surface area contributed by atoms with Crippen LogP contribution < -0.4 is 5.32 Å². The fourth-order valence-corrected chi connectivity index (χ4v) is 1.40. The Morgan fingerprint density at radius 2 is 2.00 bits per heavy atom. The maximum atomic E-state index is 11.7. The van der Waals surface area contributed by atoms with E-state index in [1.54, 1.807) is 23.1 Å². The van der Waals surface area contributed by atoms with Crippen LogP contribution in [0, 0.1) is 6.92 Å². The number of carbonyl (C=O) groups excluding carboxylic acids is 1. The van der Waals surface area contributed by atoms with E-state index in [9.17, 15) is 9.90 Å². The van der Waals surface area contributed by atoms with Crippen molar-refractivity contribution in [3.63, 3.8) is 0 Å². The number of aromatic hydroxyl groups is 1. The zero-order valence-electron chi connectivity index (χ0n) is 9.95. The summed E-state index contributed by atoms with van der Waals surface area (Å²) in [4.78, 5) is 13.4. The summed E-state index contributed by atoms with van der Waals surface area (Å²) in [6.45, 7) is 7.00. The van der Waals surface area contributed by atoms with Crippen LogP contribution in [0.2, 0.25) is 0 Å². The molecule has 2 amide bonds. The highest BCUT2D eigenvalue weighted by Crippen LogP contribution is 2.20. The third-order valence-electron chi connectivity index (χ3n) is 2.51. The second kappa shape index (κ2) is 5.39. The lowest BCUT2D eigenvalue weighted by atomic mass is 10.2. The van der Waals surface area contributed by atoms with Gasteiger partial charge in [-0.2, -0.15) is 0 Å². The molecule has 0 aliphatic carbocycles. The number of nitrogens with one attached hydrogen (secondary N) is 1. The third-order valence-corrected chi connectivity index (χ3v) is 2.51. The average molecular weight is 222 g/mol. The molecular formula is C12H18N2O2. The summed E-state index contributed by atoms with van der Waals surface area (Å²) in [5, 5.41) is 12.2. The Hall–Kier alpha value is -1.71. The SMILES string of the molecule is CCN(CC)C(=O)Nc1ccc(C)c(O)c1. The lowest BCUT2D eigenvalue weighted by Crippen LogP contribution is -2.34. The molecule has 0 saturated carbocycles. The maximum Gasteiger partial charge on any atom is 0.321 e. The van der Waals surface area contributed by atoms with Gasteiger partial charge in [-0.05, 0) is 32.4 Å². The summed E-state index contributed by atoms with van der Waals surface area (Å²) in [5.74, 6) is 0.192. The van der Waals surface area contributed by atoms with Crippen LogP contribution in [0.25, 0.3) is 0 Å². The molecule has 0 spiro atoms. The van der Waals surface area contributed by atoms with Crippen molar-refractivity contribution < 1.29 is 9.90 Å². The Morgan fingerprint density at radius 1 is 1.38 bits per heavy atom.